The number of rotatable bonds is 10. The maximum absolute atomic E-state index is 13.4. The molecule has 1 heterocycles. The zero-order valence-corrected chi connectivity index (χ0v) is 21.7. The van der Waals surface area contributed by atoms with Crippen LogP contribution in [0, 0.1) is 5.82 Å². The third kappa shape index (κ3) is 6.03. The fraction of sp³-hybridized carbons (Fsp3) is 0.125. The minimum absolute atomic E-state index is 0.253. The Labute approximate surface area is 226 Å². The Morgan fingerprint density at radius 3 is 2.13 bits per heavy atom. The molecule has 0 aliphatic heterocycles. The normalized spacial score (nSPS) is 10.9. The lowest BCUT2D eigenvalue weighted by atomic mass is 10.0. The van der Waals surface area contributed by atoms with Crippen molar-refractivity contribution in [3.63, 3.8) is 0 Å². The van der Waals surface area contributed by atoms with E-state index in [1.807, 2.05) is 42.5 Å². The lowest BCUT2D eigenvalue weighted by molar-refractivity contribution is 0.0952. The van der Waals surface area contributed by atoms with Gasteiger partial charge in [-0.3, -0.25) is 9.36 Å². The van der Waals surface area contributed by atoms with E-state index in [0.717, 1.165) is 52.0 Å². The van der Waals surface area contributed by atoms with Crippen LogP contribution < -0.4 is 5.32 Å². The first-order chi connectivity index (χ1) is 18.7. The molecule has 1 N–H and O–H groups in total. The molecule has 0 saturated heterocycles. The summed E-state index contributed by atoms with van der Waals surface area (Å²) in [5, 5.41) is 3.81. The average molecular weight is 522 g/mol. The van der Waals surface area contributed by atoms with Crippen molar-refractivity contribution in [1.29, 1.82) is 0 Å². The van der Waals surface area contributed by atoms with Crippen LogP contribution in [0.1, 0.15) is 23.2 Å². The number of benzene rings is 4. The van der Waals surface area contributed by atoms with Crippen molar-refractivity contribution >= 4 is 17.7 Å². The highest BCUT2D eigenvalue weighted by Crippen LogP contribution is 2.38. The Bertz CT molecular complexity index is 1490. The predicted octanol–water partition coefficient (Wildman–Crippen LogP) is 7.65. The van der Waals surface area contributed by atoms with E-state index in [9.17, 15) is 9.18 Å². The van der Waals surface area contributed by atoms with Crippen LogP contribution >= 0.6 is 11.8 Å². The van der Waals surface area contributed by atoms with Crippen LogP contribution in [0.4, 0.5) is 4.39 Å². The largest absolute Gasteiger partial charge is 0.352 e. The fourth-order valence-corrected chi connectivity index (χ4v) is 5.31. The number of para-hydroxylation sites is 1. The average Bonchev–Trinajstić information content (AvgIpc) is 3.35. The summed E-state index contributed by atoms with van der Waals surface area (Å²) in [5.41, 5.74) is 5.59. The van der Waals surface area contributed by atoms with Crippen molar-refractivity contribution in [2.75, 3.05) is 12.3 Å². The van der Waals surface area contributed by atoms with Gasteiger partial charge < -0.3 is 5.32 Å². The van der Waals surface area contributed by atoms with Crippen LogP contribution in [-0.4, -0.2) is 27.8 Å². The maximum Gasteiger partial charge on any atom is 0.251 e. The topological polar surface area (TPSA) is 46.9 Å². The zero-order chi connectivity index (χ0) is 26.2. The molecular formula is C32H28FN3OS. The van der Waals surface area contributed by atoms with Gasteiger partial charge in [0, 0.05) is 34.7 Å². The van der Waals surface area contributed by atoms with E-state index >= 15 is 0 Å². The Kier molecular flexibility index (Phi) is 8.31. The van der Waals surface area contributed by atoms with Gasteiger partial charge >= 0.3 is 0 Å². The summed E-state index contributed by atoms with van der Waals surface area (Å²) in [6.07, 6.45) is 1.72. The molecule has 0 radical (unpaired) electrons. The number of halogens is 1. The van der Waals surface area contributed by atoms with Crippen LogP contribution in [0.15, 0.2) is 120 Å². The van der Waals surface area contributed by atoms with Gasteiger partial charge in [0.05, 0.1) is 11.4 Å². The first-order valence-corrected chi connectivity index (χ1v) is 13.6. The van der Waals surface area contributed by atoms with Gasteiger partial charge in [-0.25, -0.2) is 9.37 Å². The Morgan fingerprint density at radius 2 is 1.45 bits per heavy atom. The fourth-order valence-electron chi connectivity index (χ4n) is 4.30. The minimum Gasteiger partial charge on any atom is -0.352 e. The first-order valence-electron chi connectivity index (χ1n) is 12.7. The molecule has 0 bridgehead atoms. The number of carbonyl (C=O) groups is 1. The van der Waals surface area contributed by atoms with Gasteiger partial charge in [0.1, 0.15) is 5.82 Å². The van der Waals surface area contributed by atoms with Gasteiger partial charge in [-0.15, -0.1) is 0 Å². The Morgan fingerprint density at radius 1 is 0.789 bits per heavy atom. The van der Waals surface area contributed by atoms with Gasteiger partial charge in [-0.1, -0.05) is 96.7 Å². The molecule has 190 valence electrons. The lowest BCUT2D eigenvalue weighted by Crippen LogP contribution is -2.24. The molecule has 1 aromatic heterocycles. The van der Waals surface area contributed by atoms with Crippen molar-refractivity contribution < 1.29 is 9.18 Å². The maximum atomic E-state index is 13.4. The van der Waals surface area contributed by atoms with Crippen molar-refractivity contribution in [3.05, 3.63) is 127 Å². The monoisotopic (exact) mass is 521 g/mol. The summed E-state index contributed by atoms with van der Waals surface area (Å²) in [6.45, 7) is 0.535. The standard InChI is InChI=1S/C32H28FN3OS/c33-27-18-12-17-26(23-27)31(37)34-21-10-11-22-38-32-35-29(24-13-4-1-5-14-24)30(25-15-6-2-7-16-25)36(32)28-19-8-3-9-20-28/h1-9,12-20,23H,10-11,21-22H2,(H,34,37). The minimum atomic E-state index is -0.410. The molecule has 5 aromatic rings. The highest BCUT2D eigenvalue weighted by Gasteiger charge is 2.21. The van der Waals surface area contributed by atoms with E-state index in [0.29, 0.717) is 12.1 Å². The smallest absolute Gasteiger partial charge is 0.251 e. The number of nitrogens with zero attached hydrogens (tertiary/aromatic N) is 2. The second-order valence-corrected chi connectivity index (χ2v) is 9.88. The molecule has 0 unspecified atom stereocenters. The second-order valence-electron chi connectivity index (χ2n) is 8.82. The number of unbranched alkanes of at least 4 members (excludes halogenated alkanes) is 1. The molecule has 0 fully saturated rings. The molecule has 1 amide bonds. The van der Waals surface area contributed by atoms with Gasteiger partial charge in [-0.05, 0) is 43.2 Å². The molecular weight excluding hydrogens is 493 g/mol. The number of aromatic nitrogens is 2. The van der Waals surface area contributed by atoms with Crippen molar-refractivity contribution in [3.8, 4) is 28.2 Å². The van der Waals surface area contributed by atoms with E-state index in [1.165, 1.54) is 12.1 Å². The summed E-state index contributed by atoms with van der Waals surface area (Å²) < 4.78 is 15.6. The third-order valence-electron chi connectivity index (χ3n) is 6.13. The molecule has 4 nitrogen and oxygen atoms in total. The summed E-state index contributed by atoms with van der Waals surface area (Å²) in [5.74, 6) is 0.187. The summed E-state index contributed by atoms with van der Waals surface area (Å²) in [6, 6.07) is 36.7. The predicted molar refractivity (Wildman–Crippen MR) is 153 cm³/mol. The second kappa shape index (κ2) is 12.4. The number of carbonyl (C=O) groups excluding carboxylic acids is 1. The molecule has 0 aliphatic rings. The van der Waals surface area contributed by atoms with Gasteiger partial charge in [0.15, 0.2) is 5.16 Å². The molecule has 0 saturated carbocycles. The van der Waals surface area contributed by atoms with Crippen LogP contribution in [0.5, 0.6) is 0 Å². The van der Waals surface area contributed by atoms with Crippen molar-refractivity contribution in [1.82, 2.24) is 14.9 Å². The zero-order valence-electron chi connectivity index (χ0n) is 20.9. The van der Waals surface area contributed by atoms with Gasteiger partial charge in [0.2, 0.25) is 0 Å². The van der Waals surface area contributed by atoms with Crippen LogP contribution in [-0.2, 0) is 0 Å². The highest BCUT2D eigenvalue weighted by atomic mass is 32.2. The molecule has 6 heteroatoms. The third-order valence-corrected chi connectivity index (χ3v) is 7.15. The first kappa shape index (κ1) is 25.5. The Hall–Kier alpha value is -4.16. The molecule has 0 aliphatic carbocycles. The van der Waals surface area contributed by atoms with E-state index in [-0.39, 0.29) is 5.91 Å². The highest BCUT2D eigenvalue weighted by molar-refractivity contribution is 7.99. The van der Waals surface area contributed by atoms with E-state index < -0.39 is 5.82 Å². The number of nitrogens with one attached hydrogen (secondary N) is 1. The molecule has 0 spiro atoms. The molecule has 0 atom stereocenters. The van der Waals surface area contributed by atoms with Gasteiger partial charge in [0.25, 0.3) is 5.91 Å². The number of thioether (sulfide) groups is 1. The summed E-state index contributed by atoms with van der Waals surface area (Å²) >= 11 is 1.71. The SMILES string of the molecule is O=C(NCCCCSc1nc(-c2ccccc2)c(-c2ccccc2)n1-c1ccccc1)c1cccc(F)c1. The van der Waals surface area contributed by atoms with Gasteiger partial charge in [-0.2, -0.15) is 0 Å². The quantitative estimate of drug-likeness (QED) is 0.152. The number of hydrogen-bond acceptors (Lipinski definition) is 3. The van der Waals surface area contributed by atoms with Crippen molar-refractivity contribution in [2.45, 2.75) is 18.0 Å². The van der Waals surface area contributed by atoms with Crippen LogP contribution in [0.25, 0.3) is 28.2 Å². The number of imidazole rings is 1. The Balaban J connectivity index is 1.35. The van der Waals surface area contributed by atoms with Crippen LogP contribution in [0.2, 0.25) is 0 Å². The lowest BCUT2D eigenvalue weighted by Gasteiger charge is -2.13. The number of amides is 1. The summed E-state index contributed by atoms with van der Waals surface area (Å²) in [7, 11) is 0. The molecule has 38 heavy (non-hydrogen) atoms. The van der Waals surface area contributed by atoms with Crippen LogP contribution in [0.3, 0.4) is 0 Å². The molecule has 4 aromatic carbocycles. The summed E-state index contributed by atoms with van der Waals surface area (Å²) in [4.78, 5) is 17.4. The molecule has 5 rings (SSSR count). The number of hydrogen-bond donors (Lipinski definition) is 1. The van der Waals surface area contributed by atoms with E-state index in [4.69, 9.17) is 4.98 Å². The van der Waals surface area contributed by atoms with E-state index in [2.05, 4.69) is 58.4 Å². The van der Waals surface area contributed by atoms with Crippen molar-refractivity contribution in [2.24, 2.45) is 0 Å². The van der Waals surface area contributed by atoms with E-state index in [1.54, 1.807) is 23.9 Å².